The quantitative estimate of drug-likeness (QED) is 0.586. The van der Waals surface area contributed by atoms with Gasteiger partial charge in [0, 0.05) is 16.3 Å². The van der Waals surface area contributed by atoms with Crippen molar-refractivity contribution in [3.8, 4) is 0 Å². The van der Waals surface area contributed by atoms with Crippen LogP contribution in [0.5, 0.6) is 0 Å². The number of carbonyl (C=O) groups excluding carboxylic acids is 1. The average Bonchev–Trinajstić information content (AvgIpc) is 2.75. The van der Waals surface area contributed by atoms with Gasteiger partial charge in [-0.15, -0.1) is 23.5 Å². The molecule has 1 saturated heterocycles. The first-order valence-electron chi connectivity index (χ1n) is 5.64. The van der Waals surface area contributed by atoms with Crippen LogP contribution in [0.2, 0.25) is 0 Å². The van der Waals surface area contributed by atoms with Crippen LogP contribution in [-0.2, 0) is 14.9 Å². The predicted octanol–water partition coefficient (Wildman–Crippen LogP) is 2.31. The maximum Gasteiger partial charge on any atom is 0.276 e. The van der Waals surface area contributed by atoms with Crippen LogP contribution in [-0.4, -0.2) is 51.1 Å². The third-order valence-electron chi connectivity index (χ3n) is 2.83. The number of Topliss-reactive ketones (excluding diaryl/α,β-unsaturated/α-hetero) is 1. The lowest BCUT2D eigenvalue weighted by Crippen LogP contribution is -2.39. The summed E-state index contributed by atoms with van der Waals surface area (Å²) in [5.74, 6) is -0.0398. The van der Waals surface area contributed by atoms with Crippen LogP contribution in [0.15, 0.2) is 12.2 Å². The van der Waals surface area contributed by atoms with Gasteiger partial charge >= 0.3 is 0 Å². The Hall–Kier alpha value is 0.370. The Labute approximate surface area is 127 Å². The minimum absolute atomic E-state index is 0.162. The molecule has 4 nitrogen and oxygen atoms in total. The predicted molar refractivity (Wildman–Crippen MR) is 85.8 cm³/mol. The first-order chi connectivity index (χ1) is 8.68. The molecule has 4 unspecified atom stereocenters. The highest BCUT2D eigenvalue weighted by Crippen LogP contribution is 2.45. The van der Waals surface area contributed by atoms with E-state index in [4.69, 9.17) is 0 Å². The molecule has 1 heterocycles. The van der Waals surface area contributed by atoms with Gasteiger partial charge in [-0.1, -0.05) is 13.5 Å². The van der Waals surface area contributed by atoms with E-state index in [0.29, 0.717) is 11.0 Å². The molecule has 1 fully saturated rings. The minimum atomic E-state index is -4.40. The normalized spacial score (nSPS) is 26.9. The molecule has 0 amide bonds. The second-order valence-electron chi connectivity index (χ2n) is 4.40. The van der Waals surface area contributed by atoms with Crippen LogP contribution < -0.4 is 0 Å². The zero-order valence-corrected chi connectivity index (χ0v) is 14.3. The van der Waals surface area contributed by atoms with Crippen LogP contribution in [0.3, 0.4) is 0 Å². The fraction of sp³-hybridized carbons (Fsp3) is 0.727. The lowest BCUT2D eigenvalue weighted by molar-refractivity contribution is -0.115. The van der Waals surface area contributed by atoms with Crippen molar-refractivity contribution < 1.29 is 17.8 Å². The molecule has 0 aromatic rings. The lowest BCUT2D eigenvalue weighted by atomic mass is 10.1. The van der Waals surface area contributed by atoms with Crippen LogP contribution in [0.25, 0.3) is 0 Å². The van der Waals surface area contributed by atoms with Crippen molar-refractivity contribution in [1.29, 1.82) is 0 Å². The van der Waals surface area contributed by atoms with Crippen LogP contribution in [0.1, 0.15) is 13.8 Å². The van der Waals surface area contributed by atoms with Crippen molar-refractivity contribution in [3.05, 3.63) is 12.2 Å². The van der Waals surface area contributed by atoms with Gasteiger partial charge in [-0.3, -0.25) is 9.35 Å². The van der Waals surface area contributed by atoms with Crippen molar-refractivity contribution in [2.45, 2.75) is 34.2 Å². The first-order valence-corrected chi connectivity index (χ1v) is 10.4. The summed E-state index contributed by atoms with van der Waals surface area (Å²) in [5, 5.41) is -1.44. The highest BCUT2D eigenvalue weighted by molar-refractivity contribution is 8.21. The van der Waals surface area contributed by atoms with Gasteiger partial charge in [-0.2, -0.15) is 20.2 Å². The molecule has 19 heavy (non-hydrogen) atoms. The van der Waals surface area contributed by atoms with E-state index in [0.717, 1.165) is 0 Å². The highest BCUT2D eigenvalue weighted by atomic mass is 32.2. The van der Waals surface area contributed by atoms with Gasteiger partial charge in [0.1, 0.15) is 0 Å². The Bertz CT molecular complexity index is 459. The smallest absolute Gasteiger partial charge is 0.276 e. The van der Waals surface area contributed by atoms with Crippen molar-refractivity contribution >= 4 is 51.2 Å². The molecule has 0 aliphatic carbocycles. The van der Waals surface area contributed by atoms with Gasteiger partial charge in [-0.05, 0) is 18.8 Å². The number of rotatable bonds is 6. The van der Waals surface area contributed by atoms with Gasteiger partial charge in [0.15, 0.2) is 11.0 Å². The number of hydrogen-bond donors (Lipinski definition) is 1. The van der Waals surface area contributed by atoms with E-state index in [1.54, 1.807) is 23.5 Å². The first kappa shape index (κ1) is 17.4. The summed E-state index contributed by atoms with van der Waals surface area (Å²) in [6, 6.07) is 0. The van der Waals surface area contributed by atoms with E-state index in [9.17, 15) is 17.8 Å². The summed E-state index contributed by atoms with van der Waals surface area (Å²) in [6.07, 6.45) is 2.00. The monoisotopic (exact) mass is 342 g/mol. The molecule has 8 heteroatoms. The van der Waals surface area contributed by atoms with Crippen molar-refractivity contribution in [2.24, 2.45) is 0 Å². The molecule has 0 aromatic carbocycles. The molecular weight excluding hydrogens is 324 g/mol. The molecule has 1 aliphatic rings. The van der Waals surface area contributed by atoms with Gasteiger partial charge in [0.25, 0.3) is 10.1 Å². The maximum absolute atomic E-state index is 12.0. The molecule has 110 valence electrons. The largest absolute Gasteiger partial charge is 0.293 e. The Morgan fingerprint density at radius 2 is 2.11 bits per heavy atom. The Morgan fingerprint density at radius 3 is 2.53 bits per heavy atom. The van der Waals surface area contributed by atoms with Crippen LogP contribution in [0.4, 0.5) is 0 Å². The molecule has 1 rings (SSSR count). The minimum Gasteiger partial charge on any atom is -0.293 e. The third-order valence-corrected chi connectivity index (χ3v) is 9.25. The van der Waals surface area contributed by atoms with Crippen molar-refractivity contribution in [3.63, 3.8) is 0 Å². The molecule has 0 bridgehead atoms. The summed E-state index contributed by atoms with van der Waals surface area (Å²) in [4.78, 5) is 12.0. The fourth-order valence-electron chi connectivity index (χ4n) is 1.70. The highest BCUT2D eigenvalue weighted by Gasteiger charge is 2.44. The molecule has 1 N–H and O–H groups in total. The van der Waals surface area contributed by atoms with E-state index in [1.807, 2.05) is 6.26 Å². The summed E-state index contributed by atoms with van der Waals surface area (Å²) < 4.78 is 32.5. The Morgan fingerprint density at radius 1 is 1.53 bits per heavy atom. The molecule has 0 spiro atoms. The van der Waals surface area contributed by atoms with Crippen LogP contribution >= 0.6 is 35.3 Å². The second kappa shape index (κ2) is 6.89. The van der Waals surface area contributed by atoms with Gasteiger partial charge in [0.05, 0.1) is 4.58 Å². The fourth-order valence-corrected chi connectivity index (χ4v) is 7.90. The van der Waals surface area contributed by atoms with Gasteiger partial charge in [0.2, 0.25) is 0 Å². The number of allylic oxidation sites excluding steroid dienone is 1. The van der Waals surface area contributed by atoms with Crippen molar-refractivity contribution in [2.75, 3.05) is 12.0 Å². The zero-order chi connectivity index (χ0) is 14.8. The molecule has 1 aliphatic heterocycles. The number of carbonyl (C=O) groups is 1. The zero-order valence-electron chi connectivity index (χ0n) is 11.0. The maximum atomic E-state index is 12.0. The summed E-state index contributed by atoms with van der Waals surface area (Å²) in [5.41, 5.74) is 0.162. The topological polar surface area (TPSA) is 71.4 Å². The van der Waals surface area contributed by atoms with Crippen LogP contribution in [0, 0.1) is 0 Å². The molecular formula is C11H18O4S4. The lowest BCUT2D eigenvalue weighted by Gasteiger charge is -2.20. The number of thioether (sulfide) groups is 3. The van der Waals surface area contributed by atoms with E-state index < -0.39 is 26.4 Å². The Kier molecular flexibility index (Phi) is 6.31. The van der Waals surface area contributed by atoms with E-state index in [1.165, 1.54) is 18.7 Å². The third kappa shape index (κ3) is 4.42. The number of hydrogen-bond acceptors (Lipinski definition) is 6. The number of ketones is 1. The summed E-state index contributed by atoms with van der Waals surface area (Å²) in [6.45, 7) is 7.02. The average molecular weight is 343 g/mol. The standard InChI is InChI=1S/C11H18O4S4/c1-6(2)9(12)10(19(13,14)15)8-5-17-11(18-8)7(3)16-4/h7-8,10-11H,1,5H2,2-4H3,(H,13,14,15). The van der Waals surface area contributed by atoms with E-state index in [-0.39, 0.29) is 10.2 Å². The van der Waals surface area contributed by atoms with Crippen molar-refractivity contribution in [1.82, 2.24) is 0 Å². The van der Waals surface area contributed by atoms with E-state index >= 15 is 0 Å². The second-order valence-corrected chi connectivity index (χ2v) is 10.0. The molecule has 0 aromatic heterocycles. The van der Waals surface area contributed by atoms with E-state index in [2.05, 4.69) is 13.5 Å². The summed E-state index contributed by atoms with van der Waals surface area (Å²) in [7, 11) is -4.40. The van der Waals surface area contributed by atoms with Gasteiger partial charge < -0.3 is 0 Å². The molecule has 0 radical (unpaired) electrons. The SMILES string of the molecule is C=C(C)C(=O)C(C1CSC(C(C)SC)S1)S(=O)(=O)O. The molecule has 0 saturated carbocycles. The summed E-state index contributed by atoms with van der Waals surface area (Å²) >= 11 is 4.81. The van der Waals surface area contributed by atoms with Gasteiger partial charge in [-0.25, -0.2) is 0 Å². The molecule has 4 atom stereocenters. The Balaban J connectivity index is 2.91.